The van der Waals surface area contributed by atoms with E-state index in [1.54, 1.807) is 13.2 Å². The fourth-order valence-corrected chi connectivity index (χ4v) is 2.15. The van der Waals surface area contributed by atoms with Crippen molar-refractivity contribution in [2.45, 2.75) is 6.92 Å². The van der Waals surface area contributed by atoms with E-state index in [0.717, 1.165) is 3.57 Å². The van der Waals surface area contributed by atoms with E-state index in [1.807, 2.05) is 22.6 Å². The molecule has 0 unspecified atom stereocenters. The molecule has 0 fully saturated rings. The standard InChI is InChI=1S/C9H8IN3O2/c1-5(14)13-3-6(10)7-8(13)11-4-12(2)9(7)15/h3-4H,1-2H3. The second-order valence-electron chi connectivity index (χ2n) is 3.23. The van der Waals surface area contributed by atoms with Crippen LogP contribution in [0.3, 0.4) is 0 Å². The number of nitrogens with zero attached hydrogens (tertiary/aromatic N) is 3. The van der Waals surface area contributed by atoms with Crippen LogP contribution in [0.4, 0.5) is 0 Å². The highest BCUT2D eigenvalue weighted by atomic mass is 127. The van der Waals surface area contributed by atoms with Crippen molar-refractivity contribution in [2.75, 3.05) is 0 Å². The van der Waals surface area contributed by atoms with Crippen LogP contribution in [0.15, 0.2) is 17.3 Å². The maximum atomic E-state index is 11.8. The largest absolute Gasteiger partial charge is 0.302 e. The molecule has 2 aromatic heterocycles. The number of aromatic nitrogens is 3. The Morgan fingerprint density at radius 2 is 2.20 bits per heavy atom. The number of hydrogen-bond acceptors (Lipinski definition) is 3. The molecule has 6 heteroatoms. The Hall–Kier alpha value is -1.18. The summed E-state index contributed by atoms with van der Waals surface area (Å²) in [6.45, 7) is 1.44. The molecule has 5 nitrogen and oxygen atoms in total. The number of hydrogen-bond donors (Lipinski definition) is 0. The molecule has 0 saturated heterocycles. The molecule has 0 radical (unpaired) electrons. The molecular formula is C9H8IN3O2. The zero-order chi connectivity index (χ0) is 11.2. The Morgan fingerprint density at radius 1 is 1.53 bits per heavy atom. The van der Waals surface area contributed by atoms with Gasteiger partial charge in [-0.05, 0) is 22.6 Å². The first kappa shape index (κ1) is 10.3. The maximum absolute atomic E-state index is 11.8. The first-order valence-electron chi connectivity index (χ1n) is 4.25. The average Bonchev–Trinajstić information content (AvgIpc) is 2.50. The Labute approximate surface area is 98.9 Å². The van der Waals surface area contributed by atoms with Crippen molar-refractivity contribution in [1.82, 2.24) is 14.1 Å². The van der Waals surface area contributed by atoms with Crippen LogP contribution in [-0.4, -0.2) is 20.0 Å². The zero-order valence-electron chi connectivity index (χ0n) is 8.19. The normalized spacial score (nSPS) is 10.9. The lowest BCUT2D eigenvalue weighted by molar-refractivity contribution is 0.0941. The summed E-state index contributed by atoms with van der Waals surface area (Å²) in [5.74, 6) is -0.149. The summed E-state index contributed by atoms with van der Waals surface area (Å²) in [5, 5.41) is 0.496. The number of carbonyl (C=O) groups excluding carboxylic acids is 1. The highest BCUT2D eigenvalue weighted by molar-refractivity contribution is 14.1. The summed E-state index contributed by atoms with van der Waals surface area (Å²) in [5.41, 5.74) is 0.291. The third-order valence-corrected chi connectivity index (χ3v) is 2.98. The quantitative estimate of drug-likeness (QED) is 0.681. The molecule has 0 aliphatic heterocycles. The van der Waals surface area contributed by atoms with Gasteiger partial charge in [0.25, 0.3) is 5.56 Å². The molecule has 0 aliphatic rings. The molecule has 15 heavy (non-hydrogen) atoms. The molecule has 2 aromatic rings. The molecule has 78 valence electrons. The van der Waals surface area contributed by atoms with Gasteiger partial charge in [0.05, 0.1) is 11.7 Å². The van der Waals surface area contributed by atoms with E-state index in [4.69, 9.17) is 0 Å². The van der Waals surface area contributed by atoms with E-state index >= 15 is 0 Å². The highest BCUT2D eigenvalue weighted by Gasteiger charge is 2.14. The monoisotopic (exact) mass is 317 g/mol. The second-order valence-corrected chi connectivity index (χ2v) is 4.39. The molecule has 0 aliphatic carbocycles. The maximum Gasteiger partial charge on any atom is 0.263 e. The second kappa shape index (κ2) is 3.44. The molecule has 0 spiro atoms. The van der Waals surface area contributed by atoms with Gasteiger partial charge < -0.3 is 4.57 Å². The number of halogens is 1. The number of aryl methyl sites for hydroxylation is 1. The molecule has 0 saturated carbocycles. The lowest BCUT2D eigenvalue weighted by Crippen LogP contribution is -2.18. The van der Waals surface area contributed by atoms with Crippen LogP contribution in [-0.2, 0) is 7.05 Å². The van der Waals surface area contributed by atoms with Gasteiger partial charge in [-0.15, -0.1) is 0 Å². The van der Waals surface area contributed by atoms with Crippen molar-refractivity contribution >= 4 is 39.5 Å². The topological polar surface area (TPSA) is 56.9 Å². The van der Waals surface area contributed by atoms with Gasteiger partial charge in [-0.2, -0.15) is 0 Å². The summed E-state index contributed by atoms with van der Waals surface area (Å²) >= 11 is 2.03. The summed E-state index contributed by atoms with van der Waals surface area (Å²) in [4.78, 5) is 27.1. The minimum Gasteiger partial charge on any atom is -0.302 e. The van der Waals surface area contributed by atoms with Crippen molar-refractivity contribution in [2.24, 2.45) is 7.05 Å². The highest BCUT2D eigenvalue weighted by Crippen LogP contribution is 2.17. The van der Waals surface area contributed by atoms with Gasteiger partial charge in [-0.25, -0.2) is 4.98 Å². The van der Waals surface area contributed by atoms with Gasteiger partial charge in [-0.3, -0.25) is 14.2 Å². The van der Waals surface area contributed by atoms with Gasteiger partial charge >= 0.3 is 0 Å². The molecule has 0 aromatic carbocycles. The Kier molecular flexibility index (Phi) is 2.37. The minimum absolute atomic E-state index is 0.135. The fraction of sp³-hybridized carbons (Fsp3) is 0.222. The first-order chi connectivity index (χ1) is 7.02. The molecule has 2 rings (SSSR count). The molecule has 0 atom stereocenters. The van der Waals surface area contributed by atoms with E-state index in [1.165, 1.54) is 22.4 Å². The Morgan fingerprint density at radius 3 is 2.80 bits per heavy atom. The molecule has 0 amide bonds. The van der Waals surface area contributed by atoms with E-state index in [9.17, 15) is 9.59 Å². The lowest BCUT2D eigenvalue weighted by Gasteiger charge is -1.99. The van der Waals surface area contributed by atoms with Gasteiger partial charge in [-0.1, -0.05) is 0 Å². The van der Waals surface area contributed by atoms with Crippen molar-refractivity contribution in [3.05, 3.63) is 26.4 Å². The van der Waals surface area contributed by atoms with Crippen LogP contribution in [0.1, 0.15) is 11.7 Å². The lowest BCUT2D eigenvalue weighted by atomic mass is 10.4. The van der Waals surface area contributed by atoms with Crippen molar-refractivity contribution in [1.29, 1.82) is 0 Å². The third-order valence-electron chi connectivity index (χ3n) is 2.16. The number of fused-ring (bicyclic) bond motifs is 1. The fourth-order valence-electron chi connectivity index (χ4n) is 1.40. The van der Waals surface area contributed by atoms with Crippen LogP contribution in [0.5, 0.6) is 0 Å². The SMILES string of the molecule is CC(=O)n1cc(I)c2c(=O)n(C)cnc21. The smallest absolute Gasteiger partial charge is 0.263 e. The molecule has 0 bridgehead atoms. The Bertz CT molecular complexity index is 612. The summed E-state index contributed by atoms with van der Waals surface area (Å²) in [6, 6.07) is 0. The first-order valence-corrected chi connectivity index (χ1v) is 5.33. The van der Waals surface area contributed by atoms with Crippen LogP contribution >= 0.6 is 22.6 Å². The number of carbonyl (C=O) groups is 1. The van der Waals surface area contributed by atoms with E-state index < -0.39 is 0 Å². The van der Waals surface area contributed by atoms with E-state index in [-0.39, 0.29) is 11.5 Å². The van der Waals surface area contributed by atoms with Gasteiger partial charge in [0, 0.05) is 23.7 Å². The third kappa shape index (κ3) is 1.48. The predicted molar refractivity (Wildman–Crippen MR) is 64.0 cm³/mol. The zero-order valence-corrected chi connectivity index (χ0v) is 10.3. The van der Waals surface area contributed by atoms with Gasteiger partial charge in [0.2, 0.25) is 5.91 Å². The minimum atomic E-state index is -0.149. The average molecular weight is 317 g/mol. The van der Waals surface area contributed by atoms with Crippen LogP contribution in [0.2, 0.25) is 0 Å². The van der Waals surface area contributed by atoms with Crippen molar-refractivity contribution in [3.8, 4) is 0 Å². The van der Waals surface area contributed by atoms with Crippen LogP contribution in [0, 0.1) is 3.57 Å². The predicted octanol–water partition coefficient (Wildman–Crippen LogP) is 1.000. The number of rotatable bonds is 0. The van der Waals surface area contributed by atoms with Crippen molar-refractivity contribution < 1.29 is 4.79 Å². The van der Waals surface area contributed by atoms with Gasteiger partial charge in [0.15, 0.2) is 5.65 Å². The Balaban J connectivity index is 2.99. The van der Waals surface area contributed by atoms with E-state index in [0.29, 0.717) is 11.0 Å². The van der Waals surface area contributed by atoms with Crippen LogP contribution in [0.25, 0.3) is 11.0 Å². The van der Waals surface area contributed by atoms with E-state index in [2.05, 4.69) is 4.98 Å². The molecular weight excluding hydrogens is 309 g/mol. The summed E-state index contributed by atoms with van der Waals surface area (Å²) < 4.78 is 3.53. The summed E-state index contributed by atoms with van der Waals surface area (Å²) in [7, 11) is 1.63. The van der Waals surface area contributed by atoms with Crippen LogP contribution < -0.4 is 5.56 Å². The molecule has 0 N–H and O–H groups in total. The summed E-state index contributed by atoms with van der Waals surface area (Å²) in [6.07, 6.45) is 3.04. The van der Waals surface area contributed by atoms with Crippen molar-refractivity contribution in [3.63, 3.8) is 0 Å². The molecule has 2 heterocycles. The van der Waals surface area contributed by atoms with Gasteiger partial charge in [0.1, 0.15) is 0 Å².